The molecule has 4 nitrogen and oxygen atoms in total. The van der Waals surface area contributed by atoms with Gasteiger partial charge in [0.1, 0.15) is 12.2 Å². The highest BCUT2D eigenvalue weighted by Gasteiger charge is 1.98. The molecule has 1 rings (SSSR count). The lowest BCUT2D eigenvalue weighted by molar-refractivity contribution is -0.139. The van der Waals surface area contributed by atoms with Gasteiger partial charge >= 0.3 is 5.97 Å². The van der Waals surface area contributed by atoms with Crippen molar-refractivity contribution in [2.45, 2.75) is 20.3 Å². The fraction of sp³-hybridized carbons (Fsp3) is 0.273. The summed E-state index contributed by atoms with van der Waals surface area (Å²) in [4.78, 5) is 19.5. The molecule has 0 aromatic heterocycles. The fourth-order valence-electron chi connectivity index (χ4n) is 0.883. The number of hydrogen-bond acceptors (Lipinski definition) is 3. The van der Waals surface area contributed by atoms with E-state index in [1.165, 1.54) is 12.5 Å². The van der Waals surface area contributed by atoms with Crippen LogP contribution in [0.1, 0.15) is 18.9 Å². The van der Waals surface area contributed by atoms with Crippen molar-refractivity contribution in [2.75, 3.05) is 5.73 Å². The number of benzene rings is 1. The molecule has 15 heavy (non-hydrogen) atoms. The SMILES string of the molecule is CC(=O)CC(=O)O.Cc1cccc(N)c1. The number of nitrogen functional groups attached to an aromatic ring is 1. The number of nitrogens with two attached hydrogens (primary N) is 1. The van der Waals surface area contributed by atoms with Crippen molar-refractivity contribution >= 4 is 17.4 Å². The lowest BCUT2D eigenvalue weighted by Gasteiger charge is -1.91. The summed E-state index contributed by atoms with van der Waals surface area (Å²) in [5.74, 6) is -1.37. The van der Waals surface area contributed by atoms with Crippen LogP contribution in [0, 0.1) is 6.92 Å². The number of ketones is 1. The molecule has 0 atom stereocenters. The van der Waals surface area contributed by atoms with Crippen molar-refractivity contribution in [1.29, 1.82) is 0 Å². The maximum absolute atomic E-state index is 9.87. The van der Waals surface area contributed by atoms with Crippen LogP contribution in [-0.2, 0) is 9.59 Å². The van der Waals surface area contributed by atoms with E-state index >= 15 is 0 Å². The molecule has 0 heterocycles. The average Bonchev–Trinajstić information content (AvgIpc) is 2.01. The second-order valence-corrected chi connectivity index (χ2v) is 3.19. The Balaban J connectivity index is 0.000000265. The van der Waals surface area contributed by atoms with Crippen LogP contribution in [0.4, 0.5) is 5.69 Å². The number of Topliss-reactive ketones (excluding diaryl/α,β-unsaturated/α-hetero) is 1. The zero-order valence-electron chi connectivity index (χ0n) is 8.86. The quantitative estimate of drug-likeness (QED) is 0.573. The second kappa shape index (κ2) is 6.59. The summed E-state index contributed by atoms with van der Waals surface area (Å²) < 4.78 is 0. The standard InChI is InChI=1S/C7H9N.C4H6O3/c1-6-3-2-4-7(8)5-6;1-3(5)2-4(6)7/h2-5H,8H2,1H3;2H2,1H3,(H,6,7). The van der Waals surface area contributed by atoms with Crippen molar-refractivity contribution in [3.63, 3.8) is 0 Å². The summed E-state index contributed by atoms with van der Waals surface area (Å²) in [5, 5.41) is 7.86. The number of aryl methyl sites for hydroxylation is 1. The van der Waals surface area contributed by atoms with E-state index in [9.17, 15) is 9.59 Å². The van der Waals surface area contributed by atoms with Crippen LogP contribution in [0.2, 0.25) is 0 Å². The Labute approximate surface area is 88.7 Å². The third-order valence-corrected chi connectivity index (χ3v) is 1.44. The van der Waals surface area contributed by atoms with Gasteiger partial charge in [-0.1, -0.05) is 12.1 Å². The number of hydrogen-bond donors (Lipinski definition) is 2. The number of carbonyl (C=O) groups is 2. The van der Waals surface area contributed by atoms with Crippen molar-refractivity contribution in [3.05, 3.63) is 29.8 Å². The van der Waals surface area contributed by atoms with Crippen LogP contribution < -0.4 is 5.73 Å². The van der Waals surface area contributed by atoms with Crippen molar-refractivity contribution < 1.29 is 14.7 Å². The van der Waals surface area contributed by atoms with E-state index in [0.717, 1.165) is 5.69 Å². The minimum Gasteiger partial charge on any atom is -0.481 e. The van der Waals surface area contributed by atoms with Gasteiger partial charge in [0.2, 0.25) is 0 Å². The molecule has 0 unspecified atom stereocenters. The number of aliphatic carboxylic acids is 1. The first kappa shape index (κ1) is 13.2. The van der Waals surface area contributed by atoms with E-state index in [-0.39, 0.29) is 12.2 Å². The van der Waals surface area contributed by atoms with Crippen LogP contribution in [0.15, 0.2) is 24.3 Å². The van der Waals surface area contributed by atoms with Crippen LogP contribution in [-0.4, -0.2) is 16.9 Å². The maximum atomic E-state index is 9.87. The van der Waals surface area contributed by atoms with E-state index in [1.54, 1.807) is 0 Å². The zero-order chi connectivity index (χ0) is 11.8. The number of carbonyl (C=O) groups excluding carboxylic acids is 1. The Morgan fingerprint density at radius 2 is 2.00 bits per heavy atom. The number of anilines is 1. The molecule has 0 saturated carbocycles. The summed E-state index contributed by atoms with van der Waals surface area (Å²) in [7, 11) is 0. The van der Waals surface area contributed by atoms with Crippen molar-refractivity contribution in [2.24, 2.45) is 0 Å². The smallest absolute Gasteiger partial charge is 0.310 e. The minimum atomic E-state index is -1.06. The molecule has 0 amide bonds. The molecule has 0 spiro atoms. The van der Waals surface area contributed by atoms with Gasteiger partial charge in [0.15, 0.2) is 0 Å². The van der Waals surface area contributed by atoms with Crippen LogP contribution in [0.25, 0.3) is 0 Å². The Kier molecular flexibility index (Phi) is 5.78. The second-order valence-electron chi connectivity index (χ2n) is 3.19. The van der Waals surface area contributed by atoms with Gasteiger partial charge in [-0.2, -0.15) is 0 Å². The van der Waals surface area contributed by atoms with E-state index < -0.39 is 5.97 Å². The predicted molar refractivity (Wildman–Crippen MR) is 58.5 cm³/mol. The first-order chi connectivity index (χ1) is 6.91. The van der Waals surface area contributed by atoms with Gasteiger partial charge in [0.05, 0.1) is 0 Å². The van der Waals surface area contributed by atoms with Gasteiger partial charge in [-0.25, -0.2) is 0 Å². The third kappa shape index (κ3) is 8.49. The Morgan fingerprint density at radius 1 is 1.40 bits per heavy atom. The Morgan fingerprint density at radius 3 is 2.20 bits per heavy atom. The van der Waals surface area contributed by atoms with Gasteiger partial charge in [-0.15, -0.1) is 0 Å². The van der Waals surface area contributed by atoms with E-state index in [1.807, 2.05) is 31.2 Å². The summed E-state index contributed by atoms with van der Waals surface area (Å²) >= 11 is 0. The lowest BCUT2D eigenvalue weighted by Crippen LogP contribution is -2.00. The number of carboxylic acid groups (broad SMARTS) is 1. The van der Waals surface area contributed by atoms with Gasteiger partial charge < -0.3 is 10.8 Å². The normalized spacial score (nSPS) is 8.67. The summed E-state index contributed by atoms with van der Waals surface area (Å²) in [5.41, 5.74) is 7.51. The van der Waals surface area contributed by atoms with Crippen LogP contribution >= 0.6 is 0 Å². The molecule has 0 saturated heterocycles. The topological polar surface area (TPSA) is 80.4 Å². The van der Waals surface area contributed by atoms with E-state index in [2.05, 4.69) is 0 Å². The molecule has 82 valence electrons. The highest BCUT2D eigenvalue weighted by atomic mass is 16.4. The molecule has 0 bridgehead atoms. The number of carboxylic acids is 1. The molecule has 0 aliphatic carbocycles. The highest BCUT2D eigenvalue weighted by molar-refractivity contribution is 5.93. The molecule has 4 heteroatoms. The molecule has 0 fully saturated rings. The molecule has 1 aromatic rings. The monoisotopic (exact) mass is 209 g/mol. The van der Waals surface area contributed by atoms with E-state index in [0.29, 0.717) is 0 Å². The Bertz CT molecular complexity index is 318. The molecule has 0 radical (unpaired) electrons. The third-order valence-electron chi connectivity index (χ3n) is 1.44. The fourth-order valence-corrected chi connectivity index (χ4v) is 0.883. The van der Waals surface area contributed by atoms with Gasteiger partial charge in [-0.3, -0.25) is 9.59 Å². The largest absolute Gasteiger partial charge is 0.481 e. The molecular weight excluding hydrogens is 194 g/mol. The van der Waals surface area contributed by atoms with Crippen LogP contribution in [0.3, 0.4) is 0 Å². The minimum absolute atomic E-state index is 0.312. The lowest BCUT2D eigenvalue weighted by atomic mass is 10.2. The summed E-state index contributed by atoms with van der Waals surface area (Å²) in [6.07, 6.45) is -0.361. The maximum Gasteiger partial charge on any atom is 0.310 e. The molecule has 3 N–H and O–H groups in total. The highest BCUT2D eigenvalue weighted by Crippen LogP contribution is 2.03. The number of rotatable bonds is 2. The first-order valence-electron chi connectivity index (χ1n) is 4.45. The predicted octanol–water partition coefficient (Wildman–Crippen LogP) is 1.63. The van der Waals surface area contributed by atoms with Crippen LogP contribution in [0.5, 0.6) is 0 Å². The van der Waals surface area contributed by atoms with E-state index in [4.69, 9.17) is 10.8 Å². The van der Waals surface area contributed by atoms with Gasteiger partial charge in [-0.05, 0) is 31.5 Å². The molecule has 0 aliphatic rings. The Hall–Kier alpha value is -1.84. The zero-order valence-corrected chi connectivity index (χ0v) is 8.86. The first-order valence-corrected chi connectivity index (χ1v) is 4.45. The molecular formula is C11H15NO3. The van der Waals surface area contributed by atoms with Gasteiger partial charge in [0.25, 0.3) is 0 Å². The molecule has 0 aliphatic heterocycles. The summed E-state index contributed by atoms with van der Waals surface area (Å²) in [6.45, 7) is 3.27. The summed E-state index contributed by atoms with van der Waals surface area (Å²) in [6, 6.07) is 7.80. The van der Waals surface area contributed by atoms with Gasteiger partial charge in [0, 0.05) is 5.69 Å². The average molecular weight is 209 g/mol. The van der Waals surface area contributed by atoms with Crippen molar-refractivity contribution in [3.8, 4) is 0 Å². The van der Waals surface area contributed by atoms with Crippen molar-refractivity contribution in [1.82, 2.24) is 0 Å². The molecule has 1 aromatic carbocycles.